The lowest BCUT2D eigenvalue weighted by molar-refractivity contribution is 0.254. The number of aryl methyl sites for hydroxylation is 2. The molecule has 2 N–H and O–H groups in total. The Balaban J connectivity index is 2.06. The van der Waals surface area contributed by atoms with Crippen molar-refractivity contribution in [1.82, 2.24) is 0 Å². The number of rotatable bonds is 2. The van der Waals surface area contributed by atoms with Crippen molar-refractivity contribution in [3.05, 3.63) is 70.8 Å². The molecule has 2 unspecified atom stereocenters. The lowest BCUT2D eigenvalue weighted by Gasteiger charge is -2.42. The molecule has 0 radical (unpaired) electrons. The van der Waals surface area contributed by atoms with Gasteiger partial charge in [0.2, 0.25) is 0 Å². The van der Waals surface area contributed by atoms with Gasteiger partial charge in [-0.2, -0.15) is 0 Å². The van der Waals surface area contributed by atoms with Crippen molar-refractivity contribution in [2.24, 2.45) is 5.73 Å². The van der Waals surface area contributed by atoms with Gasteiger partial charge >= 0.3 is 0 Å². The Morgan fingerprint density at radius 2 is 1.62 bits per heavy atom. The van der Waals surface area contributed by atoms with E-state index in [2.05, 4.69) is 62.4 Å². The van der Waals surface area contributed by atoms with Crippen LogP contribution in [0.1, 0.15) is 53.9 Å². The van der Waals surface area contributed by atoms with E-state index in [1.165, 1.54) is 41.5 Å². The van der Waals surface area contributed by atoms with E-state index in [0.717, 1.165) is 6.42 Å². The van der Waals surface area contributed by atoms with Crippen LogP contribution in [0.2, 0.25) is 0 Å². The van der Waals surface area contributed by atoms with Crippen LogP contribution in [0.3, 0.4) is 0 Å². The summed E-state index contributed by atoms with van der Waals surface area (Å²) in [6, 6.07) is 17.6. The normalized spacial score (nSPS) is 25.8. The highest BCUT2D eigenvalue weighted by molar-refractivity contribution is 5.38. The molecule has 0 aromatic heterocycles. The van der Waals surface area contributed by atoms with Gasteiger partial charge in [0.25, 0.3) is 0 Å². The highest BCUT2D eigenvalue weighted by Gasteiger charge is 2.39. The third-order valence-electron chi connectivity index (χ3n) is 4.92. The summed E-state index contributed by atoms with van der Waals surface area (Å²) in [7, 11) is 0. The van der Waals surface area contributed by atoms with Crippen molar-refractivity contribution in [2.75, 3.05) is 0 Å². The van der Waals surface area contributed by atoms with Gasteiger partial charge in [-0.05, 0) is 37.8 Å². The first-order valence-corrected chi connectivity index (χ1v) is 8.02. The molecule has 1 heteroatoms. The maximum absolute atomic E-state index is 6.99. The van der Waals surface area contributed by atoms with Crippen LogP contribution < -0.4 is 5.73 Å². The Morgan fingerprint density at radius 1 is 0.952 bits per heavy atom. The summed E-state index contributed by atoms with van der Waals surface area (Å²) < 4.78 is 0. The number of benzene rings is 2. The highest BCUT2D eigenvalue weighted by atomic mass is 14.8. The predicted molar refractivity (Wildman–Crippen MR) is 89.4 cm³/mol. The summed E-state index contributed by atoms with van der Waals surface area (Å²) >= 11 is 0. The van der Waals surface area contributed by atoms with Crippen LogP contribution in [-0.2, 0) is 5.54 Å². The smallest absolute Gasteiger partial charge is 0.0479 e. The van der Waals surface area contributed by atoms with Gasteiger partial charge < -0.3 is 5.73 Å². The zero-order chi connectivity index (χ0) is 14.9. The van der Waals surface area contributed by atoms with Crippen LogP contribution in [0, 0.1) is 13.8 Å². The molecule has 1 nitrogen and oxygen atoms in total. The fourth-order valence-electron chi connectivity index (χ4n) is 3.94. The molecule has 1 saturated carbocycles. The molecule has 110 valence electrons. The van der Waals surface area contributed by atoms with E-state index < -0.39 is 0 Å². The molecule has 0 amide bonds. The van der Waals surface area contributed by atoms with E-state index in [-0.39, 0.29) is 5.54 Å². The molecule has 2 aromatic carbocycles. The van der Waals surface area contributed by atoms with Crippen molar-refractivity contribution in [2.45, 2.75) is 51.0 Å². The van der Waals surface area contributed by atoms with Crippen molar-refractivity contribution in [3.63, 3.8) is 0 Å². The SMILES string of the molecule is Cc1cc(C)cc(C2(N)CCCCC2c2ccccc2)c1. The zero-order valence-electron chi connectivity index (χ0n) is 13.1. The molecule has 1 aliphatic rings. The average molecular weight is 279 g/mol. The van der Waals surface area contributed by atoms with E-state index in [1.807, 2.05) is 0 Å². The molecule has 0 bridgehead atoms. The predicted octanol–water partition coefficient (Wildman–Crippen LogP) is 4.82. The maximum Gasteiger partial charge on any atom is 0.0479 e. The minimum atomic E-state index is -0.226. The number of nitrogens with two attached hydrogens (primary N) is 1. The lowest BCUT2D eigenvalue weighted by Crippen LogP contribution is -2.45. The molecule has 21 heavy (non-hydrogen) atoms. The second-order valence-corrected chi connectivity index (χ2v) is 6.63. The van der Waals surface area contributed by atoms with Crippen LogP contribution >= 0.6 is 0 Å². The summed E-state index contributed by atoms with van der Waals surface area (Å²) in [5, 5.41) is 0. The van der Waals surface area contributed by atoms with Crippen molar-refractivity contribution >= 4 is 0 Å². The van der Waals surface area contributed by atoms with E-state index >= 15 is 0 Å². The van der Waals surface area contributed by atoms with Crippen LogP contribution in [0.5, 0.6) is 0 Å². The summed E-state index contributed by atoms with van der Waals surface area (Å²) in [5.74, 6) is 0.425. The highest BCUT2D eigenvalue weighted by Crippen LogP contribution is 2.45. The van der Waals surface area contributed by atoms with E-state index in [1.54, 1.807) is 0 Å². The molecular formula is C20H25N. The van der Waals surface area contributed by atoms with Crippen molar-refractivity contribution in [3.8, 4) is 0 Å². The monoisotopic (exact) mass is 279 g/mol. The zero-order valence-corrected chi connectivity index (χ0v) is 13.1. The molecular weight excluding hydrogens is 254 g/mol. The van der Waals surface area contributed by atoms with Gasteiger partial charge in [0.05, 0.1) is 0 Å². The van der Waals surface area contributed by atoms with Gasteiger partial charge in [0, 0.05) is 11.5 Å². The Labute approximate surface area is 128 Å². The molecule has 3 rings (SSSR count). The van der Waals surface area contributed by atoms with Crippen LogP contribution in [-0.4, -0.2) is 0 Å². The second kappa shape index (κ2) is 5.65. The van der Waals surface area contributed by atoms with Crippen LogP contribution in [0.15, 0.2) is 48.5 Å². The summed E-state index contributed by atoms with van der Waals surface area (Å²) in [6.07, 6.45) is 4.78. The van der Waals surface area contributed by atoms with Crippen molar-refractivity contribution < 1.29 is 0 Å². The van der Waals surface area contributed by atoms with E-state index in [4.69, 9.17) is 5.73 Å². The van der Waals surface area contributed by atoms with Crippen LogP contribution in [0.25, 0.3) is 0 Å². The molecule has 2 aromatic rings. The summed E-state index contributed by atoms with van der Waals surface area (Å²) in [5.41, 5.74) is 12.1. The van der Waals surface area contributed by atoms with Gasteiger partial charge in [0.1, 0.15) is 0 Å². The first kappa shape index (κ1) is 14.3. The van der Waals surface area contributed by atoms with Gasteiger partial charge in [-0.15, -0.1) is 0 Å². The first-order valence-electron chi connectivity index (χ1n) is 8.02. The number of hydrogen-bond donors (Lipinski definition) is 1. The fourth-order valence-corrected chi connectivity index (χ4v) is 3.94. The maximum atomic E-state index is 6.99. The minimum Gasteiger partial charge on any atom is -0.321 e. The second-order valence-electron chi connectivity index (χ2n) is 6.63. The third-order valence-corrected chi connectivity index (χ3v) is 4.92. The van der Waals surface area contributed by atoms with Gasteiger partial charge in [-0.1, -0.05) is 72.5 Å². The molecule has 0 aliphatic heterocycles. The average Bonchev–Trinajstić information content (AvgIpc) is 2.47. The Morgan fingerprint density at radius 3 is 2.29 bits per heavy atom. The molecule has 1 aliphatic carbocycles. The molecule has 1 fully saturated rings. The van der Waals surface area contributed by atoms with Crippen LogP contribution in [0.4, 0.5) is 0 Å². The molecule has 0 heterocycles. The minimum absolute atomic E-state index is 0.226. The topological polar surface area (TPSA) is 26.0 Å². The largest absolute Gasteiger partial charge is 0.321 e. The Bertz CT molecular complexity index is 597. The first-order chi connectivity index (χ1) is 10.1. The van der Waals surface area contributed by atoms with E-state index in [0.29, 0.717) is 5.92 Å². The third kappa shape index (κ3) is 2.75. The Kier molecular flexibility index (Phi) is 3.86. The summed E-state index contributed by atoms with van der Waals surface area (Å²) in [6.45, 7) is 4.33. The summed E-state index contributed by atoms with van der Waals surface area (Å²) in [4.78, 5) is 0. The quantitative estimate of drug-likeness (QED) is 0.838. The van der Waals surface area contributed by atoms with Gasteiger partial charge in [0.15, 0.2) is 0 Å². The lowest BCUT2D eigenvalue weighted by atomic mass is 9.66. The van der Waals surface area contributed by atoms with E-state index in [9.17, 15) is 0 Å². The Hall–Kier alpha value is -1.60. The number of hydrogen-bond acceptors (Lipinski definition) is 1. The van der Waals surface area contributed by atoms with Gasteiger partial charge in [-0.25, -0.2) is 0 Å². The molecule has 0 spiro atoms. The van der Waals surface area contributed by atoms with Gasteiger partial charge in [-0.3, -0.25) is 0 Å². The molecule has 0 saturated heterocycles. The standard InChI is InChI=1S/C20H25N/c1-15-12-16(2)14-18(13-15)20(21)11-7-6-10-19(20)17-8-4-3-5-9-17/h3-5,8-9,12-14,19H,6-7,10-11,21H2,1-2H3. The fraction of sp³-hybridized carbons (Fsp3) is 0.400. The molecule has 2 atom stereocenters. The van der Waals surface area contributed by atoms with Crippen molar-refractivity contribution in [1.29, 1.82) is 0 Å².